The summed E-state index contributed by atoms with van der Waals surface area (Å²) in [5.41, 5.74) is 3.98. The minimum absolute atomic E-state index is 0.213. The summed E-state index contributed by atoms with van der Waals surface area (Å²) in [5.74, 6) is -0.158. The first kappa shape index (κ1) is 18.1. The number of nitro groups is 1. The van der Waals surface area contributed by atoms with Gasteiger partial charge in [-0.2, -0.15) is 5.43 Å². The Kier molecular flexibility index (Phi) is 5.65. The van der Waals surface area contributed by atoms with Crippen LogP contribution in [0.4, 0.5) is 5.69 Å². The maximum Gasteiger partial charge on any atom is 0.430 e. The van der Waals surface area contributed by atoms with E-state index in [-0.39, 0.29) is 11.7 Å². The number of anilines is 1. The number of hydrazone groups is 1. The molecule has 1 aromatic carbocycles. The van der Waals surface area contributed by atoms with Crippen molar-refractivity contribution in [3.8, 4) is 0 Å². The van der Waals surface area contributed by atoms with Crippen LogP contribution in [-0.4, -0.2) is 39.6 Å². The molecule has 0 bridgehead atoms. The summed E-state index contributed by atoms with van der Waals surface area (Å²) >= 11 is 11.8. The minimum atomic E-state index is -0.568. The van der Waals surface area contributed by atoms with Gasteiger partial charge in [0.2, 0.25) is 5.84 Å². The lowest BCUT2D eigenvalue weighted by molar-refractivity contribution is -0.346. The molecular weight excluding hydrogens is 379 g/mol. The molecule has 134 valence electrons. The third kappa shape index (κ3) is 4.27. The molecule has 1 aromatic heterocycles. The van der Waals surface area contributed by atoms with Crippen LogP contribution in [0.2, 0.25) is 10.2 Å². The number of nitrogens with zero attached hydrogens (tertiary/aromatic N) is 5. The molecule has 0 radical (unpaired) electrons. The number of halogens is 2. The van der Waals surface area contributed by atoms with E-state index in [0.29, 0.717) is 35.5 Å². The van der Waals surface area contributed by atoms with Crippen molar-refractivity contribution in [1.82, 2.24) is 9.88 Å². The maximum atomic E-state index is 11.5. The summed E-state index contributed by atoms with van der Waals surface area (Å²) in [7, 11) is 0. The van der Waals surface area contributed by atoms with Crippen molar-refractivity contribution < 1.29 is 4.92 Å². The van der Waals surface area contributed by atoms with Crippen LogP contribution in [-0.2, 0) is 6.54 Å². The summed E-state index contributed by atoms with van der Waals surface area (Å²) in [6, 6.07) is 10.3. The first-order valence-corrected chi connectivity index (χ1v) is 8.43. The van der Waals surface area contributed by atoms with Crippen LogP contribution >= 0.6 is 23.2 Å². The summed E-state index contributed by atoms with van der Waals surface area (Å²) in [6.45, 7) is 1.42. The van der Waals surface area contributed by atoms with Crippen molar-refractivity contribution in [3.63, 3.8) is 0 Å². The number of benzene rings is 1. The van der Waals surface area contributed by atoms with E-state index in [0.717, 1.165) is 5.56 Å². The van der Waals surface area contributed by atoms with Crippen molar-refractivity contribution in [2.24, 2.45) is 10.1 Å². The molecule has 3 rings (SSSR count). The number of nitrogens with one attached hydrogen (secondary N) is 1. The van der Waals surface area contributed by atoms with Gasteiger partial charge in [0, 0.05) is 19.3 Å². The Balaban J connectivity index is 1.80. The van der Waals surface area contributed by atoms with Gasteiger partial charge in [-0.05, 0) is 28.7 Å². The summed E-state index contributed by atoms with van der Waals surface area (Å²) in [5, 5.41) is 16.2. The van der Waals surface area contributed by atoms with Gasteiger partial charge in [0.15, 0.2) is 0 Å². The molecular formula is C16H14Cl2N6O2. The van der Waals surface area contributed by atoms with Crippen molar-refractivity contribution in [2.45, 2.75) is 6.54 Å². The Morgan fingerprint density at radius 1 is 1.31 bits per heavy atom. The van der Waals surface area contributed by atoms with Gasteiger partial charge < -0.3 is 15.0 Å². The molecule has 2 aromatic rings. The summed E-state index contributed by atoms with van der Waals surface area (Å²) in [4.78, 5) is 21.0. The minimum Gasteiger partial charge on any atom is -0.358 e. The molecule has 0 amide bonds. The fraction of sp³-hybridized carbons (Fsp3) is 0.188. The lowest BCUT2D eigenvalue weighted by atomic mass is 10.2. The Hall–Kier alpha value is -2.71. The second kappa shape index (κ2) is 8.11. The molecule has 0 spiro atoms. The highest BCUT2D eigenvalue weighted by Gasteiger charge is 2.31. The number of hydrogen-bond acceptors (Lipinski definition) is 7. The van der Waals surface area contributed by atoms with Crippen molar-refractivity contribution in [2.75, 3.05) is 18.5 Å². The average molecular weight is 393 g/mol. The lowest BCUT2D eigenvalue weighted by Crippen LogP contribution is -2.37. The van der Waals surface area contributed by atoms with Gasteiger partial charge in [0.1, 0.15) is 5.15 Å². The topological polar surface area (TPSA) is 96.0 Å². The van der Waals surface area contributed by atoms with Crippen LogP contribution < -0.4 is 5.43 Å². The fourth-order valence-corrected chi connectivity index (χ4v) is 2.70. The molecule has 1 aliphatic rings. The van der Waals surface area contributed by atoms with Crippen LogP contribution in [0.15, 0.2) is 52.7 Å². The summed E-state index contributed by atoms with van der Waals surface area (Å²) in [6.07, 6.45) is 1.63. The zero-order chi connectivity index (χ0) is 18.5. The van der Waals surface area contributed by atoms with Crippen LogP contribution in [0.5, 0.6) is 0 Å². The number of pyridine rings is 1. The number of aromatic nitrogens is 1. The molecule has 0 fully saturated rings. The predicted octanol–water partition coefficient (Wildman–Crippen LogP) is 3.30. The second-order valence-corrected chi connectivity index (χ2v) is 6.19. The van der Waals surface area contributed by atoms with Gasteiger partial charge in [-0.15, -0.1) is 0 Å². The normalized spacial score (nSPS) is 14.3. The maximum absolute atomic E-state index is 11.5. The highest BCUT2D eigenvalue weighted by Crippen LogP contribution is 2.20. The molecule has 26 heavy (non-hydrogen) atoms. The van der Waals surface area contributed by atoms with Gasteiger partial charge in [0.25, 0.3) is 0 Å². The standard InChI is InChI=1S/C16H14Cl2N6O2/c17-12-3-1-2-4-13(12)21-22-16(24(25)26)15-19-7-8-23(15)10-11-5-6-14(18)20-9-11/h1-6,9,21H,7-8,10H2/b22-16-. The largest absolute Gasteiger partial charge is 0.430 e. The molecule has 0 saturated heterocycles. The third-order valence-electron chi connectivity index (χ3n) is 3.62. The van der Waals surface area contributed by atoms with E-state index in [1.165, 1.54) is 0 Å². The predicted molar refractivity (Wildman–Crippen MR) is 101 cm³/mol. The first-order chi connectivity index (χ1) is 12.5. The van der Waals surface area contributed by atoms with Gasteiger partial charge in [-0.1, -0.05) is 41.4 Å². The Morgan fingerprint density at radius 3 is 2.81 bits per heavy atom. The molecule has 10 heteroatoms. The lowest BCUT2D eigenvalue weighted by Gasteiger charge is -2.18. The number of rotatable bonds is 5. The molecule has 8 nitrogen and oxygen atoms in total. The Bertz CT molecular complexity index is 869. The van der Waals surface area contributed by atoms with Gasteiger partial charge in [-0.25, -0.2) is 4.98 Å². The van der Waals surface area contributed by atoms with Crippen molar-refractivity contribution >= 4 is 40.6 Å². The van der Waals surface area contributed by atoms with Crippen LogP contribution in [0.1, 0.15) is 5.56 Å². The fourth-order valence-electron chi connectivity index (χ4n) is 2.41. The number of para-hydroxylation sites is 1. The quantitative estimate of drug-likeness (QED) is 0.277. The van der Waals surface area contributed by atoms with E-state index in [2.05, 4.69) is 20.5 Å². The van der Waals surface area contributed by atoms with Gasteiger partial charge >= 0.3 is 5.84 Å². The SMILES string of the molecule is O=[N+]([O-])/C(=N\Nc1ccccc1Cl)C1=NCCN1Cc1ccc(Cl)nc1. The van der Waals surface area contributed by atoms with E-state index in [9.17, 15) is 10.1 Å². The molecule has 2 heterocycles. The molecule has 1 N–H and O–H groups in total. The van der Waals surface area contributed by atoms with Gasteiger partial charge in [-0.3, -0.25) is 4.99 Å². The zero-order valence-electron chi connectivity index (χ0n) is 13.5. The number of aliphatic imine (C=N–C) groups is 1. The molecule has 0 saturated carbocycles. The van der Waals surface area contributed by atoms with Crippen molar-refractivity contribution in [3.05, 3.63) is 68.4 Å². The van der Waals surface area contributed by atoms with E-state index in [4.69, 9.17) is 23.2 Å². The average Bonchev–Trinajstić information content (AvgIpc) is 3.06. The van der Waals surface area contributed by atoms with Gasteiger partial charge in [0.05, 0.1) is 22.4 Å². The smallest absolute Gasteiger partial charge is 0.358 e. The second-order valence-electron chi connectivity index (χ2n) is 5.40. The van der Waals surface area contributed by atoms with Crippen molar-refractivity contribution in [1.29, 1.82) is 0 Å². The number of amidine groups is 2. The van der Waals surface area contributed by atoms with E-state index in [1.54, 1.807) is 41.4 Å². The van der Waals surface area contributed by atoms with E-state index < -0.39 is 4.92 Å². The first-order valence-electron chi connectivity index (χ1n) is 7.67. The monoisotopic (exact) mass is 392 g/mol. The Morgan fingerprint density at radius 2 is 2.12 bits per heavy atom. The van der Waals surface area contributed by atoms with Crippen LogP contribution in [0.25, 0.3) is 0 Å². The molecule has 0 unspecified atom stereocenters. The number of hydrogen-bond donors (Lipinski definition) is 1. The third-order valence-corrected chi connectivity index (χ3v) is 4.18. The molecule has 0 aliphatic carbocycles. The summed E-state index contributed by atoms with van der Waals surface area (Å²) < 4.78 is 0. The van der Waals surface area contributed by atoms with Crippen LogP contribution in [0.3, 0.4) is 0 Å². The highest BCUT2D eigenvalue weighted by molar-refractivity contribution is 6.37. The molecule has 0 atom stereocenters. The molecule has 1 aliphatic heterocycles. The zero-order valence-corrected chi connectivity index (χ0v) is 15.0. The Labute approximate surface area is 159 Å². The van der Waals surface area contributed by atoms with E-state index in [1.807, 2.05) is 6.07 Å². The van der Waals surface area contributed by atoms with E-state index >= 15 is 0 Å². The highest BCUT2D eigenvalue weighted by atomic mass is 35.5. The van der Waals surface area contributed by atoms with Crippen LogP contribution in [0, 0.1) is 10.1 Å².